The Kier molecular flexibility index (Phi) is 4.05. The second-order valence-corrected chi connectivity index (χ2v) is 7.48. The van der Waals surface area contributed by atoms with Gasteiger partial charge in [-0.25, -0.2) is 15.0 Å². The maximum atomic E-state index is 4.58. The molecule has 2 aliphatic heterocycles. The minimum Gasteiger partial charge on any atom is -0.353 e. The molecule has 2 saturated heterocycles. The van der Waals surface area contributed by atoms with Gasteiger partial charge in [-0.3, -0.25) is 4.90 Å². The molecule has 1 N–H and O–H groups in total. The van der Waals surface area contributed by atoms with Gasteiger partial charge in [0, 0.05) is 25.7 Å². The maximum absolute atomic E-state index is 4.58. The van der Waals surface area contributed by atoms with E-state index in [9.17, 15) is 0 Å². The molecule has 134 valence electrons. The van der Waals surface area contributed by atoms with Crippen molar-refractivity contribution < 1.29 is 0 Å². The molecule has 5 rings (SSSR count). The van der Waals surface area contributed by atoms with Gasteiger partial charge in [0.25, 0.3) is 0 Å². The van der Waals surface area contributed by atoms with E-state index in [0.717, 1.165) is 36.6 Å². The number of nitrogens with zero attached hydrogens (tertiary/aromatic N) is 5. The lowest BCUT2D eigenvalue weighted by Crippen LogP contribution is -2.39. The molecule has 2 fully saturated rings. The molecule has 0 unspecified atom stereocenters. The second kappa shape index (κ2) is 6.68. The van der Waals surface area contributed by atoms with Crippen molar-refractivity contribution >= 4 is 17.0 Å². The first-order chi connectivity index (χ1) is 12.9. The van der Waals surface area contributed by atoms with E-state index in [1.807, 2.05) is 0 Å². The largest absolute Gasteiger partial charge is 0.353 e. The van der Waals surface area contributed by atoms with Crippen molar-refractivity contribution in [1.29, 1.82) is 0 Å². The third-order valence-electron chi connectivity index (χ3n) is 5.88. The lowest BCUT2D eigenvalue weighted by molar-refractivity contribution is 0.179. The Bertz CT molecular complexity index is 876. The minimum atomic E-state index is 0.589. The number of rotatable bonds is 3. The number of benzene rings is 1. The summed E-state index contributed by atoms with van der Waals surface area (Å²) in [6, 6.07) is 11.4. The smallest absolute Gasteiger partial charge is 0.182 e. The van der Waals surface area contributed by atoms with Crippen LogP contribution < -0.4 is 4.90 Å². The van der Waals surface area contributed by atoms with Crippen LogP contribution in [-0.2, 0) is 6.54 Å². The van der Waals surface area contributed by atoms with Gasteiger partial charge in [0.1, 0.15) is 11.8 Å². The number of aromatic nitrogens is 4. The van der Waals surface area contributed by atoms with Crippen LogP contribution in [0.25, 0.3) is 11.2 Å². The van der Waals surface area contributed by atoms with Crippen LogP contribution in [0.4, 0.5) is 5.82 Å². The Labute approximate surface area is 153 Å². The Morgan fingerprint density at radius 3 is 2.88 bits per heavy atom. The van der Waals surface area contributed by atoms with Crippen LogP contribution in [0.2, 0.25) is 0 Å². The predicted octanol–water partition coefficient (Wildman–Crippen LogP) is 2.84. The topological polar surface area (TPSA) is 60.9 Å². The summed E-state index contributed by atoms with van der Waals surface area (Å²) in [5.74, 6) is 1.70. The number of hydrogen-bond donors (Lipinski definition) is 1. The van der Waals surface area contributed by atoms with Crippen molar-refractivity contribution in [3.63, 3.8) is 0 Å². The van der Waals surface area contributed by atoms with Crippen LogP contribution in [0.3, 0.4) is 0 Å². The molecule has 6 nitrogen and oxygen atoms in total. The number of likely N-dealkylation sites (tertiary alicyclic amines) is 1. The van der Waals surface area contributed by atoms with Crippen LogP contribution in [0.5, 0.6) is 0 Å². The SMILES string of the molecule is c1ccc(CN2CCCC[C@H]3CN(c4ncnc5nc[nH]c45)C[C@H]32)cc1. The quantitative estimate of drug-likeness (QED) is 0.789. The lowest BCUT2D eigenvalue weighted by Gasteiger charge is -2.30. The fourth-order valence-corrected chi connectivity index (χ4v) is 4.62. The highest BCUT2D eigenvalue weighted by Crippen LogP contribution is 2.34. The molecule has 0 spiro atoms. The number of aromatic amines is 1. The highest BCUT2D eigenvalue weighted by atomic mass is 15.3. The summed E-state index contributed by atoms with van der Waals surface area (Å²) < 4.78 is 0. The summed E-state index contributed by atoms with van der Waals surface area (Å²) in [5.41, 5.74) is 3.12. The highest BCUT2D eigenvalue weighted by Gasteiger charge is 2.38. The van der Waals surface area contributed by atoms with Crippen molar-refractivity contribution in [3.8, 4) is 0 Å². The Morgan fingerprint density at radius 1 is 1.04 bits per heavy atom. The van der Waals surface area contributed by atoms with Gasteiger partial charge in [0.15, 0.2) is 11.5 Å². The normalized spacial score (nSPS) is 23.9. The number of anilines is 1. The molecule has 2 aliphatic rings. The van der Waals surface area contributed by atoms with E-state index < -0.39 is 0 Å². The van der Waals surface area contributed by atoms with E-state index in [1.165, 1.54) is 31.4 Å². The third kappa shape index (κ3) is 2.84. The molecule has 4 heterocycles. The summed E-state index contributed by atoms with van der Waals surface area (Å²) in [7, 11) is 0. The number of hydrogen-bond acceptors (Lipinski definition) is 5. The predicted molar refractivity (Wildman–Crippen MR) is 102 cm³/mol. The van der Waals surface area contributed by atoms with Gasteiger partial charge in [-0.15, -0.1) is 0 Å². The average molecular weight is 348 g/mol. The van der Waals surface area contributed by atoms with Crippen molar-refractivity contribution in [1.82, 2.24) is 24.8 Å². The summed E-state index contributed by atoms with van der Waals surface area (Å²) in [5, 5.41) is 0. The van der Waals surface area contributed by atoms with E-state index in [1.54, 1.807) is 12.7 Å². The van der Waals surface area contributed by atoms with Crippen LogP contribution in [0, 0.1) is 5.92 Å². The van der Waals surface area contributed by atoms with Crippen molar-refractivity contribution in [2.75, 3.05) is 24.5 Å². The summed E-state index contributed by atoms with van der Waals surface area (Å²) in [6.45, 7) is 4.33. The third-order valence-corrected chi connectivity index (χ3v) is 5.88. The number of nitrogens with one attached hydrogen (secondary N) is 1. The Hall–Kier alpha value is -2.47. The standard InChI is InChI=1S/C20H24N6/c1-2-6-15(7-3-1)10-25-9-5-4-8-16-11-26(12-17(16)25)20-18-19(22-13-21-18)23-14-24-20/h1-3,6-7,13-14,16-17H,4-5,8-12H2,(H,21,22,23,24)/t16-,17+/m0/s1. The summed E-state index contributed by atoms with van der Waals surface area (Å²) >= 11 is 0. The van der Waals surface area contributed by atoms with E-state index in [4.69, 9.17) is 0 Å². The first kappa shape index (κ1) is 15.8. The fraction of sp³-hybridized carbons (Fsp3) is 0.450. The maximum Gasteiger partial charge on any atom is 0.182 e. The first-order valence-corrected chi connectivity index (χ1v) is 9.55. The minimum absolute atomic E-state index is 0.589. The Morgan fingerprint density at radius 2 is 1.96 bits per heavy atom. The van der Waals surface area contributed by atoms with Gasteiger partial charge >= 0.3 is 0 Å². The van der Waals surface area contributed by atoms with Crippen LogP contribution >= 0.6 is 0 Å². The molecule has 0 bridgehead atoms. The molecule has 0 radical (unpaired) electrons. The van der Waals surface area contributed by atoms with Crippen molar-refractivity contribution in [2.24, 2.45) is 5.92 Å². The van der Waals surface area contributed by atoms with Gasteiger partial charge in [-0.2, -0.15) is 0 Å². The molecule has 3 aromatic rings. The highest BCUT2D eigenvalue weighted by molar-refractivity contribution is 5.82. The van der Waals surface area contributed by atoms with E-state index >= 15 is 0 Å². The second-order valence-electron chi connectivity index (χ2n) is 7.48. The summed E-state index contributed by atoms with van der Waals surface area (Å²) in [6.07, 6.45) is 7.28. The van der Waals surface area contributed by atoms with E-state index in [2.05, 4.69) is 60.1 Å². The molecule has 26 heavy (non-hydrogen) atoms. The van der Waals surface area contributed by atoms with Gasteiger partial charge in [-0.05, 0) is 30.9 Å². The van der Waals surface area contributed by atoms with Gasteiger partial charge in [0.2, 0.25) is 0 Å². The number of H-pyrrole nitrogens is 1. The molecule has 0 saturated carbocycles. The van der Waals surface area contributed by atoms with E-state index in [0.29, 0.717) is 12.0 Å². The first-order valence-electron chi connectivity index (χ1n) is 9.55. The molecule has 1 aromatic carbocycles. The molecular weight excluding hydrogens is 324 g/mol. The van der Waals surface area contributed by atoms with Crippen LogP contribution in [-0.4, -0.2) is 50.5 Å². The summed E-state index contributed by atoms with van der Waals surface area (Å²) in [4.78, 5) is 21.5. The van der Waals surface area contributed by atoms with Gasteiger partial charge in [-0.1, -0.05) is 36.8 Å². The lowest BCUT2D eigenvalue weighted by atomic mass is 9.98. The molecule has 0 amide bonds. The molecule has 0 aliphatic carbocycles. The van der Waals surface area contributed by atoms with Crippen molar-refractivity contribution in [2.45, 2.75) is 31.8 Å². The fourth-order valence-electron chi connectivity index (χ4n) is 4.62. The van der Waals surface area contributed by atoms with Crippen molar-refractivity contribution in [3.05, 3.63) is 48.5 Å². The molecule has 2 atom stereocenters. The Balaban J connectivity index is 1.41. The molecule has 6 heteroatoms. The van der Waals surface area contributed by atoms with Gasteiger partial charge in [0.05, 0.1) is 6.33 Å². The molecular formula is C20H24N6. The number of imidazole rings is 1. The molecule has 2 aromatic heterocycles. The average Bonchev–Trinajstić information content (AvgIpc) is 3.28. The van der Waals surface area contributed by atoms with Crippen LogP contribution in [0.1, 0.15) is 24.8 Å². The monoisotopic (exact) mass is 348 g/mol. The zero-order valence-corrected chi connectivity index (χ0v) is 14.9. The zero-order chi connectivity index (χ0) is 17.3. The van der Waals surface area contributed by atoms with E-state index in [-0.39, 0.29) is 0 Å². The van der Waals surface area contributed by atoms with Gasteiger partial charge < -0.3 is 9.88 Å². The number of fused-ring (bicyclic) bond motifs is 2. The zero-order valence-electron chi connectivity index (χ0n) is 14.9. The van der Waals surface area contributed by atoms with Crippen LogP contribution in [0.15, 0.2) is 43.0 Å².